The maximum absolute atomic E-state index is 11.6. The van der Waals surface area contributed by atoms with Gasteiger partial charge in [0.15, 0.2) is 0 Å². The average molecular weight is 289 g/mol. The number of benzene rings is 1. The van der Waals surface area contributed by atoms with Crippen LogP contribution in [0.25, 0.3) is 0 Å². The second-order valence-electron chi connectivity index (χ2n) is 4.50. The van der Waals surface area contributed by atoms with Gasteiger partial charge < -0.3 is 10.6 Å². The molecule has 1 amide bonds. The van der Waals surface area contributed by atoms with Gasteiger partial charge in [-0.2, -0.15) is 5.10 Å². The largest absolute Gasteiger partial charge is 0.355 e. The summed E-state index contributed by atoms with van der Waals surface area (Å²) >= 11 is 0. The number of hydrogen-bond acceptors (Lipinski definition) is 5. The number of hydrogen-bond donors (Lipinski definition) is 2. The summed E-state index contributed by atoms with van der Waals surface area (Å²) in [5.41, 5.74) is 1.84. The molecule has 21 heavy (non-hydrogen) atoms. The molecular weight excluding hydrogens is 274 g/mol. The highest BCUT2D eigenvalue weighted by atomic mass is 16.6. The number of nitro groups is 1. The van der Waals surface area contributed by atoms with Crippen molar-refractivity contribution in [3.8, 4) is 0 Å². The molecule has 0 fully saturated rings. The number of aromatic nitrogens is 2. The van der Waals surface area contributed by atoms with Gasteiger partial charge in [0.1, 0.15) is 5.69 Å². The SMILES string of the molecule is CNC(=O)c1ccc([N+](=O)[O-])c(Nc2cn(C)nc2C)c1. The molecule has 8 heteroatoms. The Morgan fingerprint density at radius 1 is 1.38 bits per heavy atom. The molecule has 1 aromatic heterocycles. The van der Waals surface area contributed by atoms with Gasteiger partial charge in [-0.05, 0) is 19.1 Å². The van der Waals surface area contributed by atoms with Crippen LogP contribution in [0.15, 0.2) is 24.4 Å². The number of rotatable bonds is 4. The van der Waals surface area contributed by atoms with E-state index in [1.165, 1.54) is 25.2 Å². The summed E-state index contributed by atoms with van der Waals surface area (Å²) in [5, 5.41) is 20.7. The summed E-state index contributed by atoms with van der Waals surface area (Å²) in [6.07, 6.45) is 1.71. The van der Waals surface area contributed by atoms with Crippen molar-refractivity contribution in [1.29, 1.82) is 0 Å². The number of nitro benzene ring substituents is 1. The number of carbonyl (C=O) groups excluding carboxylic acids is 1. The minimum Gasteiger partial charge on any atom is -0.355 e. The van der Waals surface area contributed by atoms with Gasteiger partial charge in [0.25, 0.3) is 11.6 Å². The number of nitrogens with zero attached hydrogens (tertiary/aromatic N) is 3. The van der Waals surface area contributed by atoms with Crippen LogP contribution in [0.5, 0.6) is 0 Å². The molecule has 1 aromatic carbocycles. The first-order valence-corrected chi connectivity index (χ1v) is 6.20. The van der Waals surface area contributed by atoms with Gasteiger partial charge in [-0.15, -0.1) is 0 Å². The standard InChI is InChI=1S/C13H15N5O3/c1-8-11(7-17(3)16-8)15-10-6-9(13(19)14-2)4-5-12(10)18(20)21/h4-7,15H,1-3H3,(H,14,19). The van der Waals surface area contributed by atoms with Crippen LogP contribution in [0.2, 0.25) is 0 Å². The maximum atomic E-state index is 11.6. The van der Waals surface area contributed by atoms with Crippen molar-refractivity contribution in [2.24, 2.45) is 7.05 Å². The van der Waals surface area contributed by atoms with Crippen molar-refractivity contribution in [2.45, 2.75) is 6.92 Å². The number of aryl methyl sites for hydroxylation is 2. The smallest absolute Gasteiger partial charge is 0.292 e. The van der Waals surface area contributed by atoms with Gasteiger partial charge in [0.05, 0.1) is 16.3 Å². The van der Waals surface area contributed by atoms with E-state index in [1.54, 1.807) is 24.9 Å². The van der Waals surface area contributed by atoms with Crippen LogP contribution in [0.4, 0.5) is 17.1 Å². The lowest BCUT2D eigenvalue weighted by Crippen LogP contribution is -2.17. The van der Waals surface area contributed by atoms with Crippen LogP contribution in [0.1, 0.15) is 16.1 Å². The molecule has 0 spiro atoms. The molecule has 0 unspecified atom stereocenters. The first-order valence-electron chi connectivity index (χ1n) is 6.20. The van der Waals surface area contributed by atoms with E-state index in [1.807, 2.05) is 0 Å². The van der Waals surface area contributed by atoms with Gasteiger partial charge in [-0.25, -0.2) is 0 Å². The Bertz CT molecular complexity index is 708. The van der Waals surface area contributed by atoms with Crippen LogP contribution in [0, 0.1) is 17.0 Å². The van der Waals surface area contributed by atoms with Crippen LogP contribution >= 0.6 is 0 Å². The Morgan fingerprint density at radius 3 is 2.62 bits per heavy atom. The lowest BCUT2D eigenvalue weighted by atomic mass is 10.1. The van der Waals surface area contributed by atoms with Crippen LogP contribution in [-0.2, 0) is 7.05 Å². The highest BCUT2D eigenvalue weighted by Crippen LogP contribution is 2.29. The molecule has 0 atom stereocenters. The molecule has 0 aliphatic rings. The molecule has 0 radical (unpaired) electrons. The molecule has 1 heterocycles. The first-order chi connectivity index (χ1) is 9.92. The lowest BCUT2D eigenvalue weighted by molar-refractivity contribution is -0.383. The third kappa shape index (κ3) is 2.99. The summed E-state index contributed by atoms with van der Waals surface area (Å²) in [4.78, 5) is 22.2. The Labute approximate surface area is 120 Å². The van der Waals surface area contributed by atoms with Crippen molar-refractivity contribution < 1.29 is 9.72 Å². The summed E-state index contributed by atoms with van der Waals surface area (Å²) in [6.45, 7) is 1.79. The Kier molecular flexibility index (Phi) is 3.88. The molecule has 2 rings (SSSR count). The third-order valence-corrected chi connectivity index (χ3v) is 2.97. The van der Waals surface area contributed by atoms with E-state index in [9.17, 15) is 14.9 Å². The maximum Gasteiger partial charge on any atom is 0.292 e. The minimum absolute atomic E-state index is 0.106. The van der Waals surface area contributed by atoms with Crippen molar-refractivity contribution in [3.63, 3.8) is 0 Å². The van der Waals surface area contributed by atoms with E-state index in [-0.39, 0.29) is 17.3 Å². The second kappa shape index (κ2) is 5.61. The fourth-order valence-corrected chi connectivity index (χ4v) is 1.95. The Balaban J connectivity index is 2.46. The monoisotopic (exact) mass is 289 g/mol. The van der Waals surface area contributed by atoms with Gasteiger partial charge in [0.2, 0.25) is 0 Å². The zero-order valence-corrected chi connectivity index (χ0v) is 11.9. The summed E-state index contributed by atoms with van der Waals surface area (Å²) in [6, 6.07) is 4.17. The lowest BCUT2D eigenvalue weighted by Gasteiger charge is -2.08. The Hall–Kier alpha value is -2.90. The van der Waals surface area contributed by atoms with Crippen molar-refractivity contribution in [1.82, 2.24) is 15.1 Å². The minimum atomic E-state index is -0.498. The molecule has 0 saturated heterocycles. The predicted molar refractivity (Wildman–Crippen MR) is 77.7 cm³/mol. The van der Waals surface area contributed by atoms with Gasteiger partial charge in [0, 0.05) is 31.9 Å². The molecule has 2 N–H and O–H groups in total. The van der Waals surface area contributed by atoms with Gasteiger partial charge >= 0.3 is 0 Å². The summed E-state index contributed by atoms with van der Waals surface area (Å²) in [7, 11) is 3.26. The van der Waals surface area contributed by atoms with E-state index in [0.717, 1.165) is 0 Å². The summed E-state index contributed by atoms with van der Waals surface area (Å²) in [5.74, 6) is -0.309. The van der Waals surface area contributed by atoms with Crippen LogP contribution in [0.3, 0.4) is 0 Å². The van der Waals surface area contributed by atoms with Crippen molar-refractivity contribution in [2.75, 3.05) is 12.4 Å². The number of nitrogens with one attached hydrogen (secondary N) is 2. The molecule has 2 aromatic rings. The quantitative estimate of drug-likeness (QED) is 0.659. The van der Waals surface area contributed by atoms with E-state index >= 15 is 0 Å². The number of carbonyl (C=O) groups is 1. The van der Waals surface area contributed by atoms with E-state index in [0.29, 0.717) is 16.9 Å². The summed E-state index contributed by atoms with van der Waals surface area (Å²) < 4.78 is 1.60. The fraction of sp³-hybridized carbons (Fsp3) is 0.231. The zero-order chi connectivity index (χ0) is 15.6. The molecule has 8 nitrogen and oxygen atoms in total. The van der Waals surface area contributed by atoms with Crippen molar-refractivity contribution >= 4 is 23.0 Å². The van der Waals surface area contributed by atoms with Gasteiger partial charge in [-0.3, -0.25) is 19.6 Å². The van der Waals surface area contributed by atoms with E-state index in [2.05, 4.69) is 15.7 Å². The van der Waals surface area contributed by atoms with Crippen molar-refractivity contribution in [3.05, 3.63) is 45.8 Å². The average Bonchev–Trinajstić information content (AvgIpc) is 2.75. The molecule has 0 bridgehead atoms. The molecule has 0 saturated carbocycles. The van der Waals surface area contributed by atoms with E-state index < -0.39 is 4.92 Å². The number of amides is 1. The third-order valence-electron chi connectivity index (χ3n) is 2.97. The highest BCUT2D eigenvalue weighted by molar-refractivity contribution is 5.96. The van der Waals surface area contributed by atoms with Gasteiger partial charge in [-0.1, -0.05) is 0 Å². The second-order valence-corrected chi connectivity index (χ2v) is 4.50. The molecular formula is C13H15N5O3. The van der Waals surface area contributed by atoms with Crippen LogP contribution < -0.4 is 10.6 Å². The topological polar surface area (TPSA) is 102 Å². The first kappa shape index (κ1) is 14.5. The molecule has 110 valence electrons. The zero-order valence-electron chi connectivity index (χ0n) is 11.9. The van der Waals surface area contributed by atoms with E-state index in [4.69, 9.17) is 0 Å². The molecule has 0 aliphatic heterocycles. The Morgan fingerprint density at radius 2 is 2.10 bits per heavy atom. The fourth-order valence-electron chi connectivity index (χ4n) is 1.95. The van der Waals surface area contributed by atoms with Crippen LogP contribution in [-0.4, -0.2) is 27.7 Å². The molecule has 0 aliphatic carbocycles. The number of anilines is 2. The normalized spacial score (nSPS) is 10.2. The predicted octanol–water partition coefficient (Wildman–Crippen LogP) is 1.74. The highest BCUT2D eigenvalue weighted by Gasteiger charge is 2.17.